The number of aromatic nitrogens is 2. The van der Waals surface area contributed by atoms with Gasteiger partial charge in [0.25, 0.3) is 5.91 Å². The Bertz CT molecular complexity index is 1520. The fourth-order valence-corrected chi connectivity index (χ4v) is 4.87. The largest absolute Gasteiger partial charge is 0.497 e. The summed E-state index contributed by atoms with van der Waals surface area (Å²) < 4.78 is 5.30. The smallest absolute Gasteiger partial charge is 0.255 e. The van der Waals surface area contributed by atoms with Gasteiger partial charge in [0.1, 0.15) is 11.8 Å². The molecule has 35 heavy (non-hydrogen) atoms. The van der Waals surface area contributed by atoms with E-state index in [1.165, 1.54) is 0 Å². The highest BCUT2D eigenvalue weighted by Gasteiger charge is 2.39. The van der Waals surface area contributed by atoms with Crippen molar-refractivity contribution in [2.24, 2.45) is 0 Å². The lowest BCUT2D eigenvalue weighted by Gasteiger charge is -2.29. The molecule has 0 unspecified atom stereocenters. The monoisotopic (exact) mass is 466 g/mol. The van der Waals surface area contributed by atoms with Crippen LogP contribution < -0.4 is 10.1 Å². The number of fused-ring (bicyclic) bond motifs is 2. The number of imide groups is 1. The summed E-state index contributed by atoms with van der Waals surface area (Å²) in [5.41, 5.74) is 4.99. The SMILES string of the molecule is COc1ccc2cc(-c3cc(-c4ccc5c(c4)CN([C@H]4CCC(=O)NC4=O)C5=O)n[nH]3)ccc2c1. The number of nitrogens with zero attached hydrogens (tertiary/aromatic N) is 2. The normalized spacial score (nSPS) is 17.6. The summed E-state index contributed by atoms with van der Waals surface area (Å²) in [5.74, 6) is -0.0662. The van der Waals surface area contributed by atoms with Gasteiger partial charge >= 0.3 is 0 Å². The van der Waals surface area contributed by atoms with Gasteiger partial charge in [-0.05, 0) is 59.2 Å². The molecule has 0 saturated carbocycles. The third-order valence-corrected chi connectivity index (χ3v) is 6.76. The molecule has 174 valence electrons. The van der Waals surface area contributed by atoms with Crippen molar-refractivity contribution in [2.45, 2.75) is 25.4 Å². The van der Waals surface area contributed by atoms with Crippen molar-refractivity contribution in [3.8, 4) is 28.3 Å². The zero-order valence-electron chi connectivity index (χ0n) is 19.0. The molecular formula is C27H22N4O4. The molecule has 1 atom stereocenters. The minimum atomic E-state index is -0.624. The molecule has 0 aliphatic carbocycles. The van der Waals surface area contributed by atoms with E-state index in [9.17, 15) is 14.4 Å². The molecule has 4 aromatic rings. The van der Waals surface area contributed by atoms with Crippen LogP contribution in [0, 0.1) is 0 Å². The number of H-pyrrole nitrogens is 1. The van der Waals surface area contributed by atoms with Gasteiger partial charge in [-0.25, -0.2) is 0 Å². The summed E-state index contributed by atoms with van der Waals surface area (Å²) in [6.07, 6.45) is 0.582. The van der Waals surface area contributed by atoms with Crippen LogP contribution in [0.25, 0.3) is 33.3 Å². The minimum Gasteiger partial charge on any atom is -0.497 e. The molecule has 1 aromatic heterocycles. The van der Waals surface area contributed by atoms with Crippen LogP contribution in [0.2, 0.25) is 0 Å². The van der Waals surface area contributed by atoms with Crippen LogP contribution in [-0.2, 0) is 16.1 Å². The highest BCUT2D eigenvalue weighted by Crippen LogP contribution is 2.32. The number of piperidine rings is 1. The standard InChI is InChI=1S/C27H22N4O4/c1-35-20-6-4-15-10-17(3-2-16(15)12-20)22-13-23(30-29-22)18-5-7-21-19(11-18)14-31(27(21)34)24-8-9-25(32)28-26(24)33/h2-7,10-13,24H,8-9,14H2,1H3,(H,29,30)(H,28,32,33)/t24-/m0/s1. The number of hydrogen-bond acceptors (Lipinski definition) is 5. The predicted molar refractivity (Wildman–Crippen MR) is 130 cm³/mol. The lowest BCUT2D eigenvalue weighted by Crippen LogP contribution is -2.52. The van der Waals surface area contributed by atoms with Gasteiger partial charge in [-0.3, -0.25) is 24.8 Å². The van der Waals surface area contributed by atoms with Crippen LogP contribution in [0.3, 0.4) is 0 Å². The van der Waals surface area contributed by atoms with E-state index in [1.807, 2.05) is 42.5 Å². The molecule has 8 nitrogen and oxygen atoms in total. The zero-order valence-corrected chi connectivity index (χ0v) is 19.0. The lowest BCUT2D eigenvalue weighted by molar-refractivity contribution is -0.136. The van der Waals surface area contributed by atoms with Crippen molar-refractivity contribution in [1.82, 2.24) is 20.4 Å². The average molecular weight is 466 g/mol. The molecule has 6 rings (SSSR count). The van der Waals surface area contributed by atoms with Crippen LogP contribution in [0.5, 0.6) is 5.75 Å². The number of aromatic amines is 1. The molecule has 2 aliphatic rings. The van der Waals surface area contributed by atoms with Crippen LogP contribution in [0.15, 0.2) is 60.7 Å². The predicted octanol–water partition coefficient (Wildman–Crippen LogP) is 3.67. The first-order valence-electron chi connectivity index (χ1n) is 11.4. The number of hydrogen-bond donors (Lipinski definition) is 2. The fourth-order valence-electron chi connectivity index (χ4n) is 4.87. The molecule has 3 heterocycles. The van der Waals surface area contributed by atoms with Crippen molar-refractivity contribution in [2.75, 3.05) is 7.11 Å². The Kier molecular flexibility index (Phi) is 4.88. The van der Waals surface area contributed by atoms with Gasteiger partial charge < -0.3 is 9.64 Å². The maximum Gasteiger partial charge on any atom is 0.255 e. The zero-order chi connectivity index (χ0) is 24.1. The first-order valence-corrected chi connectivity index (χ1v) is 11.4. The van der Waals surface area contributed by atoms with Gasteiger partial charge in [-0.15, -0.1) is 0 Å². The van der Waals surface area contributed by atoms with Gasteiger partial charge in [0.15, 0.2) is 0 Å². The van der Waals surface area contributed by atoms with Crippen molar-refractivity contribution < 1.29 is 19.1 Å². The lowest BCUT2D eigenvalue weighted by atomic mass is 10.0. The van der Waals surface area contributed by atoms with Crippen molar-refractivity contribution in [1.29, 1.82) is 0 Å². The molecule has 1 fully saturated rings. The van der Waals surface area contributed by atoms with E-state index in [-0.39, 0.29) is 18.2 Å². The summed E-state index contributed by atoms with van der Waals surface area (Å²) in [6.45, 7) is 0.333. The minimum absolute atomic E-state index is 0.184. The molecule has 8 heteroatoms. The van der Waals surface area contributed by atoms with E-state index in [4.69, 9.17) is 4.74 Å². The highest BCUT2D eigenvalue weighted by atomic mass is 16.5. The number of methoxy groups -OCH3 is 1. The fraction of sp³-hybridized carbons (Fsp3) is 0.185. The quantitative estimate of drug-likeness (QED) is 0.447. The van der Waals surface area contributed by atoms with Gasteiger partial charge in [-0.1, -0.05) is 24.3 Å². The summed E-state index contributed by atoms with van der Waals surface area (Å²) in [6, 6.07) is 19.1. The molecule has 0 spiro atoms. The van der Waals surface area contributed by atoms with Gasteiger partial charge in [0.2, 0.25) is 11.8 Å². The van der Waals surface area contributed by atoms with E-state index >= 15 is 0 Å². The molecule has 2 N–H and O–H groups in total. The Morgan fingerprint density at radius 1 is 0.943 bits per heavy atom. The number of nitrogens with one attached hydrogen (secondary N) is 2. The number of rotatable bonds is 4. The number of amides is 3. The van der Waals surface area contributed by atoms with Crippen molar-refractivity contribution in [3.05, 3.63) is 71.8 Å². The van der Waals surface area contributed by atoms with Gasteiger partial charge in [-0.2, -0.15) is 5.10 Å². The second kappa shape index (κ2) is 8.09. The van der Waals surface area contributed by atoms with Gasteiger partial charge in [0.05, 0.1) is 18.5 Å². The summed E-state index contributed by atoms with van der Waals surface area (Å²) in [7, 11) is 1.66. The Hall–Kier alpha value is -4.46. The summed E-state index contributed by atoms with van der Waals surface area (Å²) in [4.78, 5) is 38.3. The maximum absolute atomic E-state index is 12.9. The van der Waals surface area contributed by atoms with Crippen LogP contribution >= 0.6 is 0 Å². The van der Waals surface area contributed by atoms with Crippen LogP contribution in [0.4, 0.5) is 0 Å². The Labute approximate surface area is 200 Å². The molecule has 3 aromatic carbocycles. The molecular weight excluding hydrogens is 444 g/mol. The number of ether oxygens (including phenoxy) is 1. The molecule has 1 saturated heterocycles. The second-order valence-electron chi connectivity index (χ2n) is 8.87. The molecule has 2 aliphatic heterocycles. The first-order chi connectivity index (χ1) is 17.0. The van der Waals surface area contributed by atoms with Crippen molar-refractivity contribution in [3.63, 3.8) is 0 Å². The summed E-state index contributed by atoms with van der Waals surface area (Å²) >= 11 is 0. The van der Waals surface area contributed by atoms with E-state index in [2.05, 4.69) is 27.6 Å². The third-order valence-electron chi connectivity index (χ3n) is 6.76. The van der Waals surface area contributed by atoms with Crippen molar-refractivity contribution >= 4 is 28.5 Å². The topological polar surface area (TPSA) is 104 Å². The third kappa shape index (κ3) is 3.63. The van der Waals surface area contributed by atoms with Crippen LogP contribution in [0.1, 0.15) is 28.8 Å². The Morgan fingerprint density at radius 2 is 1.74 bits per heavy atom. The van der Waals surface area contributed by atoms with Crippen LogP contribution in [-0.4, -0.2) is 46.0 Å². The van der Waals surface area contributed by atoms with E-state index in [1.54, 1.807) is 18.1 Å². The Balaban J connectivity index is 1.26. The summed E-state index contributed by atoms with van der Waals surface area (Å²) in [5, 5.41) is 12.1. The highest BCUT2D eigenvalue weighted by molar-refractivity contribution is 6.05. The van der Waals surface area contributed by atoms with Gasteiger partial charge in [0, 0.05) is 29.7 Å². The number of carbonyl (C=O) groups is 3. The number of carbonyl (C=O) groups excluding carboxylic acids is 3. The van der Waals surface area contributed by atoms with E-state index < -0.39 is 11.9 Å². The average Bonchev–Trinajstić information content (AvgIpc) is 3.48. The van der Waals surface area contributed by atoms with E-state index in [0.717, 1.165) is 44.6 Å². The van der Waals surface area contributed by atoms with E-state index in [0.29, 0.717) is 18.5 Å². The Morgan fingerprint density at radius 3 is 2.57 bits per heavy atom. The maximum atomic E-state index is 12.9. The number of benzene rings is 3. The molecule has 0 radical (unpaired) electrons. The second-order valence-corrected chi connectivity index (χ2v) is 8.87. The first kappa shape index (κ1) is 21.1. The molecule has 0 bridgehead atoms. The molecule has 3 amide bonds.